The molecule has 0 radical (unpaired) electrons. The minimum atomic E-state index is -1.32. The number of nitrogens with one attached hydrogen (secondary N) is 2. The summed E-state index contributed by atoms with van der Waals surface area (Å²) in [7, 11) is 0. The molecule has 40 heavy (non-hydrogen) atoms. The van der Waals surface area contributed by atoms with E-state index in [1.54, 1.807) is 67.6 Å². The van der Waals surface area contributed by atoms with Crippen molar-refractivity contribution in [1.82, 2.24) is 15.5 Å². The Balaban J connectivity index is 0.00000370. The Bertz CT molecular complexity index is 1430. The van der Waals surface area contributed by atoms with Gasteiger partial charge in [0.2, 0.25) is 11.8 Å². The van der Waals surface area contributed by atoms with Crippen molar-refractivity contribution in [1.29, 1.82) is 0 Å². The number of thioether (sulfide) groups is 1. The maximum absolute atomic E-state index is 13.4. The Kier molecular flexibility index (Phi) is 9.26. The third kappa shape index (κ3) is 6.06. The van der Waals surface area contributed by atoms with Gasteiger partial charge in [-0.1, -0.05) is 54.6 Å². The van der Waals surface area contributed by atoms with Gasteiger partial charge in [0, 0.05) is 15.2 Å². The third-order valence-electron chi connectivity index (χ3n) is 6.79. The summed E-state index contributed by atoms with van der Waals surface area (Å²) in [6.45, 7) is 3.47. The number of nitrogens with zero attached hydrogens (tertiary/aromatic N) is 1. The molecule has 4 atom stereocenters. The molecular weight excluding hydrogens is 557 g/mol. The first-order valence-electron chi connectivity index (χ1n) is 12.3. The van der Waals surface area contributed by atoms with E-state index in [2.05, 4.69) is 10.6 Å². The van der Waals surface area contributed by atoms with Crippen molar-refractivity contribution in [2.24, 2.45) is 0 Å². The van der Waals surface area contributed by atoms with E-state index >= 15 is 0 Å². The van der Waals surface area contributed by atoms with Crippen LogP contribution in [0.25, 0.3) is 12.2 Å². The Labute approximate surface area is 262 Å². The minimum absolute atomic E-state index is 0. The summed E-state index contributed by atoms with van der Waals surface area (Å²) in [6.07, 6.45) is 3.96. The molecule has 11 heteroatoms. The topological polar surface area (TPSA) is 119 Å². The van der Waals surface area contributed by atoms with Gasteiger partial charge in [0.25, 0.3) is 5.91 Å². The maximum Gasteiger partial charge on any atom is 1.00 e. The van der Waals surface area contributed by atoms with Crippen LogP contribution >= 0.6 is 23.1 Å². The quantitative estimate of drug-likeness (QED) is 0.278. The molecule has 0 bridgehead atoms. The van der Waals surface area contributed by atoms with Gasteiger partial charge in [-0.2, -0.15) is 0 Å². The fourth-order valence-electron chi connectivity index (χ4n) is 4.83. The number of thiophene rings is 1. The number of hydrogen-bond acceptors (Lipinski definition) is 7. The number of carboxylic acid groups (broad SMARTS) is 1. The van der Waals surface area contributed by atoms with Gasteiger partial charge < -0.3 is 25.4 Å². The van der Waals surface area contributed by atoms with E-state index in [0.29, 0.717) is 11.1 Å². The normalized spacial score (nSPS) is 21.6. The van der Waals surface area contributed by atoms with Crippen molar-refractivity contribution in [2.75, 3.05) is 0 Å². The molecule has 8 nitrogen and oxygen atoms in total. The second kappa shape index (κ2) is 12.3. The number of carbonyl (C=O) groups is 4. The summed E-state index contributed by atoms with van der Waals surface area (Å²) >= 11 is 2.94. The zero-order chi connectivity index (χ0) is 27.7. The first-order valence-corrected chi connectivity index (χ1v) is 14.1. The zero-order valence-electron chi connectivity index (χ0n) is 22.2. The Morgan fingerprint density at radius 2 is 1.70 bits per heavy atom. The van der Waals surface area contributed by atoms with E-state index in [1.807, 2.05) is 41.8 Å². The van der Waals surface area contributed by atoms with E-state index in [-0.39, 0.29) is 29.6 Å². The number of β-lactam (4-membered cyclic amide) rings is 1. The van der Waals surface area contributed by atoms with Gasteiger partial charge in [-0.25, -0.2) is 0 Å². The molecule has 200 valence electrons. The van der Waals surface area contributed by atoms with Crippen LogP contribution in [0, 0.1) is 0 Å². The van der Waals surface area contributed by atoms with Gasteiger partial charge >= 0.3 is 29.6 Å². The van der Waals surface area contributed by atoms with Crippen molar-refractivity contribution in [3.63, 3.8) is 0 Å². The fraction of sp³-hybridized carbons (Fsp3) is 0.241. The zero-order valence-corrected chi connectivity index (χ0v) is 25.8. The summed E-state index contributed by atoms with van der Waals surface area (Å²) in [5, 5.41) is 18.7. The molecule has 0 spiro atoms. The van der Waals surface area contributed by atoms with Crippen molar-refractivity contribution in [2.45, 2.75) is 42.1 Å². The molecule has 0 saturated carbocycles. The Hall–Kier alpha value is -2.89. The molecular formula is C29H26N3NaO5S2. The van der Waals surface area contributed by atoms with Crippen LogP contribution in [-0.2, 0) is 14.4 Å². The van der Waals surface area contributed by atoms with E-state index in [1.165, 1.54) is 16.7 Å². The van der Waals surface area contributed by atoms with Gasteiger partial charge in [-0.3, -0.25) is 14.4 Å². The van der Waals surface area contributed by atoms with Crippen LogP contribution in [0.1, 0.15) is 46.3 Å². The van der Waals surface area contributed by atoms with Crippen LogP contribution in [0.5, 0.6) is 0 Å². The molecule has 0 aliphatic carbocycles. The number of amides is 3. The summed E-state index contributed by atoms with van der Waals surface area (Å²) in [4.78, 5) is 53.5. The van der Waals surface area contributed by atoms with Crippen LogP contribution in [0.15, 0.2) is 72.1 Å². The van der Waals surface area contributed by atoms with Crippen LogP contribution < -0.4 is 45.3 Å². The molecule has 2 aliphatic rings. The van der Waals surface area contributed by atoms with Gasteiger partial charge in [-0.05, 0) is 54.6 Å². The molecule has 3 heterocycles. The van der Waals surface area contributed by atoms with Gasteiger partial charge in [0.05, 0.1) is 12.0 Å². The molecule has 2 aromatic carbocycles. The van der Waals surface area contributed by atoms with E-state index < -0.39 is 51.9 Å². The predicted octanol–water partition coefficient (Wildman–Crippen LogP) is -0.309. The number of benzene rings is 2. The summed E-state index contributed by atoms with van der Waals surface area (Å²) in [5.41, 5.74) is 1.86. The molecule has 5 rings (SSSR count). The van der Waals surface area contributed by atoms with E-state index in [9.17, 15) is 24.3 Å². The molecule has 1 aromatic heterocycles. The largest absolute Gasteiger partial charge is 1.00 e. The Morgan fingerprint density at radius 1 is 1.00 bits per heavy atom. The molecule has 2 aliphatic heterocycles. The first-order chi connectivity index (χ1) is 18.7. The average Bonchev–Trinajstić information content (AvgIpc) is 3.53. The van der Waals surface area contributed by atoms with E-state index in [0.717, 1.165) is 10.4 Å². The molecule has 3 aromatic rings. The second-order valence-electron chi connectivity index (χ2n) is 9.85. The number of aliphatic carboxylic acids is 1. The summed E-state index contributed by atoms with van der Waals surface area (Å²) < 4.78 is -0.767. The molecule has 2 saturated heterocycles. The average molecular weight is 584 g/mol. The van der Waals surface area contributed by atoms with Crippen LogP contribution in [0.4, 0.5) is 0 Å². The molecule has 1 unspecified atom stereocenters. The van der Waals surface area contributed by atoms with Crippen molar-refractivity contribution < 1.29 is 53.8 Å². The number of fused-ring (bicyclic) bond motifs is 1. The molecule has 2 fully saturated rings. The SMILES string of the molecule is CC1(C)S[C@@H]2[C@H](NC(=O)C(NC(=O)c3ccc(C=Cc4cccs4)cc3)c3ccccc3)C(=O)N2[C@H]1C(=O)[O-].[Na+]. The van der Waals surface area contributed by atoms with Crippen molar-refractivity contribution in [3.05, 3.63) is 93.7 Å². The predicted molar refractivity (Wildman–Crippen MR) is 149 cm³/mol. The van der Waals surface area contributed by atoms with E-state index in [4.69, 9.17) is 0 Å². The van der Waals surface area contributed by atoms with Crippen molar-refractivity contribution >= 4 is 58.9 Å². The van der Waals surface area contributed by atoms with Crippen molar-refractivity contribution in [3.8, 4) is 0 Å². The monoisotopic (exact) mass is 583 g/mol. The molecule has 2 N–H and O–H groups in total. The number of carboxylic acids is 1. The minimum Gasteiger partial charge on any atom is -0.548 e. The van der Waals surface area contributed by atoms with Crippen LogP contribution in [0.3, 0.4) is 0 Å². The maximum atomic E-state index is 13.4. The number of rotatable bonds is 8. The summed E-state index contributed by atoms with van der Waals surface area (Å²) in [5.74, 6) is -2.80. The fourth-order valence-corrected chi connectivity index (χ4v) is 7.07. The van der Waals surface area contributed by atoms with Crippen LogP contribution in [0.2, 0.25) is 0 Å². The van der Waals surface area contributed by atoms with Gasteiger partial charge in [0.1, 0.15) is 17.5 Å². The number of hydrogen-bond donors (Lipinski definition) is 2. The van der Waals surface area contributed by atoms with Crippen LogP contribution in [-0.4, -0.2) is 50.8 Å². The summed E-state index contributed by atoms with van der Waals surface area (Å²) in [6, 6.07) is 16.7. The number of carbonyl (C=O) groups excluding carboxylic acids is 4. The third-order valence-corrected chi connectivity index (χ3v) is 9.20. The Morgan fingerprint density at radius 3 is 2.33 bits per heavy atom. The van der Waals surface area contributed by atoms with Gasteiger partial charge in [0.15, 0.2) is 0 Å². The molecule has 3 amide bonds. The standard InChI is InChI=1S/C29H27N3O5S2.Na/c1-29(2)23(28(36)37)32-26(35)22(27(32)39-29)31-25(34)21(18-7-4-3-5-8-18)30-24(33)19-13-10-17(11-14-19)12-15-20-9-6-16-38-20;/h3-16,21-23,27H,1-2H3,(H,30,33)(H,31,34)(H,36,37);/q;+1/p-1/t21?,22-,23+,27-;/m1./s1. The smallest absolute Gasteiger partial charge is 0.548 e. The van der Waals surface area contributed by atoms with Gasteiger partial charge in [-0.15, -0.1) is 23.1 Å². The first kappa shape index (κ1) is 30.1. The second-order valence-corrected chi connectivity index (χ2v) is 12.6.